The topological polar surface area (TPSA) is 104 Å². The van der Waals surface area contributed by atoms with Gasteiger partial charge in [0.2, 0.25) is 5.91 Å². The highest BCUT2D eigenvalue weighted by molar-refractivity contribution is 5.84. The number of aliphatic hydroxyl groups is 1. The van der Waals surface area contributed by atoms with Gasteiger partial charge >= 0.3 is 5.97 Å². The molecule has 2 rings (SSSR count). The SMILES string of the molecule is Cc1noc(C)c1CCC(=O)N1C[C@H](O)C[C@@H]1C(=O)O. The summed E-state index contributed by atoms with van der Waals surface area (Å²) in [7, 11) is 0. The zero-order valence-electron chi connectivity index (χ0n) is 11.5. The Morgan fingerprint density at radius 2 is 2.15 bits per heavy atom. The van der Waals surface area contributed by atoms with Gasteiger partial charge in [0.25, 0.3) is 0 Å². The van der Waals surface area contributed by atoms with Crippen molar-refractivity contribution in [1.29, 1.82) is 0 Å². The van der Waals surface area contributed by atoms with Crippen LogP contribution in [0.1, 0.15) is 29.9 Å². The molecule has 1 aromatic heterocycles. The van der Waals surface area contributed by atoms with Crippen LogP contribution < -0.4 is 0 Å². The molecule has 0 unspecified atom stereocenters. The molecule has 0 aliphatic carbocycles. The lowest BCUT2D eigenvalue weighted by Gasteiger charge is -2.21. The number of aryl methyl sites for hydroxylation is 2. The predicted molar refractivity (Wildman–Crippen MR) is 68.1 cm³/mol. The van der Waals surface area contributed by atoms with Crippen LogP contribution in [0.15, 0.2) is 4.52 Å². The van der Waals surface area contributed by atoms with E-state index >= 15 is 0 Å². The summed E-state index contributed by atoms with van der Waals surface area (Å²) >= 11 is 0. The number of aromatic nitrogens is 1. The maximum absolute atomic E-state index is 12.1. The maximum atomic E-state index is 12.1. The van der Waals surface area contributed by atoms with Gasteiger partial charge in [-0.2, -0.15) is 0 Å². The third-order valence-corrected chi connectivity index (χ3v) is 3.65. The molecule has 1 aliphatic heterocycles. The fourth-order valence-corrected chi connectivity index (χ4v) is 2.56. The highest BCUT2D eigenvalue weighted by Gasteiger charge is 2.38. The van der Waals surface area contributed by atoms with Crippen LogP contribution >= 0.6 is 0 Å². The van der Waals surface area contributed by atoms with Crippen LogP contribution in [-0.2, 0) is 16.0 Å². The largest absolute Gasteiger partial charge is 0.480 e. The molecule has 0 bridgehead atoms. The molecule has 20 heavy (non-hydrogen) atoms. The number of aliphatic hydroxyl groups excluding tert-OH is 1. The number of carboxylic acid groups (broad SMARTS) is 1. The minimum Gasteiger partial charge on any atom is -0.480 e. The van der Waals surface area contributed by atoms with Gasteiger partial charge in [0.15, 0.2) is 0 Å². The van der Waals surface area contributed by atoms with Gasteiger partial charge in [0.1, 0.15) is 11.8 Å². The van der Waals surface area contributed by atoms with Crippen LogP contribution in [0.2, 0.25) is 0 Å². The first-order valence-electron chi connectivity index (χ1n) is 6.52. The van der Waals surface area contributed by atoms with Gasteiger partial charge in [-0.25, -0.2) is 4.79 Å². The molecule has 0 saturated carbocycles. The minimum absolute atomic E-state index is 0.0808. The number of rotatable bonds is 4. The summed E-state index contributed by atoms with van der Waals surface area (Å²) in [6.45, 7) is 3.66. The van der Waals surface area contributed by atoms with Crippen molar-refractivity contribution in [3.8, 4) is 0 Å². The van der Waals surface area contributed by atoms with Crippen LogP contribution in [0.25, 0.3) is 0 Å². The van der Waals surface area contributed by atoms with E-state index in [1.165, 1.54) is 4.90 Å². The number of amides is 1. The molecule has 1 amide bonds. The molecule has 1 aromatic rings. The van der Waals surface area contributed by atoms with E-state index in [4.69, 9.17) is 9.63 Å². The number of aliphatic carboxylic acids is 1. The summed E-state index contributed by atoms with van der Waals surface area (Å²) in [4.78, 5) is 24.4. The molecular formula is C13H18N2O5. The molecule has 110 valence electrons. The highest BCUT2D eigenvalue weighted by atomic mass is 16.5. The van der Waals surface area contributed by atoms with Gasteiger partial charge in [-0.15, -0.1) is 0 Å². The zero-order valence-corrected chi connectivity index (χ0v) is 11.5. The second-order valence-corrected chi connectivity index (χ2v) is 5.09. The normalized spacial score (nSPS) is 22.2. The second kappa shape index (κ2) is 5.62. The Kier molecular flexibility index (Phi) is 4.08. The summed E-state index contributed by atoms with van der Waals surface area (Å²) in [5.41, 5.74) is 1.62. The first kappa shape index (κ1) is 14.5. The molecule has 7 nitrogen and oxygen atoms in total. The third-order valence-electron chi connectivity index (χ3n) is 3.65. The molecule has 1 fully saturated rings. The molecule has 2 N–H and O–H groups in total. The number of hydrogen-bond donors (Lipinski definition) is 2. The van der Waals surface area contributed by atoms with E-state index in [0.29, 0.717) is 12.2 Å². The van der Waals surface area contributed by atoms with Crippen molar-refractivity contribution in [3.63, 3.8) is 0 Å². The number of β-amino-alcohol motifs (C(OH)–C–C–N with tert-alkyl or cyclic N) is 1. The Morgan fingerprint density at radius 3 is 2.70 bits per heavy atom. The summed E-state index contributed by atoms with van der Waals surface area (Å²) < 4.78 is 5.02. The Balaban J connectivity index is 2.00. The average Bonchev–Trinajstić information content (AvgIpc) is 2.91. The van der Waals surface area contributed by atoms with E-state index in [2.05, 4.69) is 5.16 Å². The molecule has 1 saturated heterocycles. The van der Waals surface area contributed by atoms with Crippen molar-refractivity contribution in [2.24, 2.45) is 0 Å². The first-order chi connectivity index (χ1) is 9.40. The van der Waals surface area contributed by atoms with Crippen LogP contribution in [0, 0.1) is 13.8 Å². The molecule has 0 radical (unpaired) electrons. The fourth-order valence-electron chi connectivity index (χ4n) is 2.56. The number of carboxylic acids is 1. The molecule has 0 aromatic carbocycles. The van der Waals surface area contributed by atoms with Crippen molar-refractivity contribution >= 4 is 11.9 Å². The zero-order chi connectivity index (χ0) is 14.9. The number of carbonyl (C=O) groups is 2. The molecular weight excluding hydrogens is 264 g/mol. The Labute approximate surface area is 116 Å². The summed E-state index contributed by atoms with van der Waals surface area (Å²) in [6, 6.07) is -0.929. The van der Waals surface area contributed by atoms with E-state index < -0.39 is 18.1 Å². The van der Waals surface area contributed by atoms with E-state index in [1.54, 1.807) is 13.8 Å². The van der Waals surface area contributed by atoms with Crippen molar-refractivity contribution in [2.75, 3.05) is 6.54 Å². The quantitative estimate of drug-likeness (QED) is 0.821. The minimum atomic E-state index is -1.08. The summed E-state index contributed by atoms with van der Waals surface area (Å²) in [5, 5.41) is 22.4. The van der Waals surface area contributed by atoms with E-state index in [0.717, 1.165) is 11.3 Å². The highest BCUT2D eigenvalue weighted by Crippen LogP contribution is 2.21. The van der Waals surface area contributed by atoms with Gasteiger partial charge in [-0.05, 0) is 20.3 Å². The van der Waals surface area contributed by atoms with Crippen LogP contribution in [0.4, 0.5) is 0 Å². The van der Waals surface area contributed by atoms with Gasteiger partial charge in [-0.1, -0.05) is 5.16 Å². The number of likely N-dealkylation sites (tertiary alicyclic amines) is 1. The summed E-state index contributed by atoms with van der Waals surface area (Å²) in [5.74, 6) is -0.673. The number of nitrogens with zero attached hydrogens (tertiary/aromatic N) is 2. The lowest BCUT2D eigenvalue weighted by atomic mass is 10.1. The van der Waals surface area contributed by atoms with Crippen molar-refractivity contribution in [1.82, 2.24) is 10.1 Å². The van der Waals surface area contributed by atoms with Gasteiger partial charge in [-0.3, -0.25) is 4.79 Å². The van der Waals surface area contributed by atoms with E-state index in [9.17, 15) is 14.7 Å². The third kappa shape index (κ3) is 2.82. The molecule has 7 heteroatoms. The predicted octanol–water partition coefficient (Wildman–Crippen LogP) is 0.270. The standard InChI is InChI=1S/C13H18N2O5/c1-7-10(8(2)20-14-7)3-4-12(17)15-6-9(16)5-11(15)13(18)19/h9,11,16H,3-6H2,1-2H3,(H,18,19)/t9-,11-/m1/s1. The van der Waals surface area contributed by atoms with Gasteiger partial charge in [0.05, 0.1) is 11.8 Å². The number of hydrogen-bond acceptors (Lipinski definition) is 5. The smallest absolute Gasteiger partial charge is 0.326 e. The van der Waals surface area contributed by atoms with Crippen LogP contribution in [0.5, 0.6) is 0 Å². The lowest BCUT2D eigenvalue weighted by Crippen LogP contribution is -2.40. The molecule has 2 heterocycles. The van der Waals surface area contributed by atoms with Crippen LogP contribution in [0.3, 0.4) is 0 Å². The van der Waals surface area contributed by atoms with Crippen molar-refractivity contribution in [2.45, 2.75) is 45.3 Å². The molecule has 0 spiro atoms. The average molecular weight is 282 g/mol. The van der Waals surface area contributed by atoms with Crippen LogP contribution in [-0.4, -0.2) is 50.8 Å². The Hall–Kier alpha value is -1.89. The van der Waals surface area contributed by atoms with E-state index in [1.807, 2.05) is 0 Å². The maximum Gasteiger partial charge on any atom is 0.326 e. The Morgan fingerprint density at radius 1 is 1.45 bits per heavy atom. The van der Waals surface area contributed by atoms with Gasteiger partial charge in [0, 0.05) is 24.9 Å². The molecule has 2 atom stereocenters. The monoisotopic (exact) mass is 282 g/mol. The number of carbonyl (C=O) groups excluding carboxylic acids is 1. The lowest BCUT2D eigenvalue weighted by molar-refractivity contribution is -0.148. The molecule has 1 aliphatic rings. The fraction of sp³-hybridized carbons (Fsp3) is 0.615. The van der Waals surface area contributed by atoms with Crippen molar-refractivity contribution in [3.05, 3.63) is 17.0 Å². The Bertz CT molecular complexity index is 505. The summed E-state index contributed by atoms with van der Waals surface area (Å²) in [6.07, 6.45) is -0.0378. The second-order valence-electron chi connectivity index (χ2n) is 5.09. The van der Waals surface area contributed by atoms with E-state index in [-0.39, 0.29) is 25.3 Å². The van der Waals surface area contributed by atoms with Crippen molar-refractivity contribution < 1.29 is 24.3 Å². The first-order valence-corrected chi connectivity index (χ1v) is 6.52. The van der Waals surface area contributed by atoms with Gasteiger partial charge < -0.3 is 19.6 Å².